The number of anilines is 1. The van der Waals surface area contributed by atoms with Crippen LogP contribution in [0.1, 0.15) is 20.3 Å². The highest BCUT2D eigenvalue weighted by molar-refractivity contribution is 5.53. The summed E-state index contributed by atoms with van der Waals surface area (Å²) in [6.45, 7) is 6.46. The van der Waals surface area contributed by atoms with Crippen molar-refractivity contribution in [1.82, 2.24) is 0 Å². The van der Waals surface area contributed by atoms with Crippen molar-refractivity contribution < 1.29 is 4.92 Å². The molecule has 1 heterocycles. The van der Waals surface area contributed by atoms with Crippen molar-refractivity contribution in [2.75, 3.05) is 18.0 Å². The van der Waals surface area contributed by atoms with Crippen LogP contribution in [-0.4, -0.2) is 18.0 Å². The Labute approximate surface area is 101 Å². The molecule has 0 unspecified atom stereocenters. The molecule has 0 saturated carbocycles. The van der Waals surface area contributed by atoms with Crippen molar-refractivity contribution in [1.29, 1.82) is 0 Å². The van der Waals surface area contributed by atoms with Crippen LogP contribution in [0.15, 0.2) is 24.3 Å². The van der Waals surface area contributed by atoms with Crippen LogP contribution in [0, 0.1) is 22.0 Å². The second kappa shape index (κ2) is 4.73. The Kier molecular flexibility index (Phi) is 3.31. The quantitative estimate of drug-likeness (QED) is 0.583. The topological polar surface area (TPSA) is 46.4 Å². The third-order valence-electron chi connectivity index (χ3n) is 3.27. The fraction of sp³-hybridized carbons (Fsp3) is 0.538. The van der Waals surface area contributed by atoms with Gasteiger partial charge in [-0.1, -0.05) is 19.9 Å². The molecule has 1 fully saturated rings. The van der Waals surface area contributed by atoms with E-state index in [0.29, 0.717) is 11.8 Å². The van der Waals surface area contributed by atoms with Gasteiger partial charge < -0.3 is 4.90 Å². The van der Waals surface area contributed by atoms with Crippen LogP contribution in [0.3, 0.4) is 0 Å². The number of nitrogens with zero attached hydrogens (tertiary/aromatic N) is 2. The summed E-state index contributed by atoms with van der Waals surface area (Å²) in [5.74, 6) is 1.30. The van der Waals surface area contributed by atoms with Gasteiger partial charge in [-0.2, -0.15) is 0 Å². The minimum atomic E-state index is -0.333. The Bertz CT molecular complexity index is 410. The number of benzene rings is 1. The molecule has 1 saturated heterocycles. The van der Waals surface area contributed by atoms with Gasteiger partial charge in [-0.3, -0.25) is 10.1 Å². The van der Waals surface area contributed by atoms with Gasteiger partial charge in [0.05, 0.1) is 4.92 Å². The first-order chi connectivity index (χ1) is 8.06. The molecule has 1 aliphatic heterocycles. The number of hydrogen-bond donors (Lipinski definition) is 0. The molecule has 17 heavy (non-hydrogen) atoms. The number of nitro benzene ring substituents is 1. The van der Waals surface area contributed by atoms with Crippen molar-refractivity contribution in [3.8, 4) is 0 Å². The Morgan fingerprint density at radius 1 is 1.29 bits per heavy atom. The van der Waals surface area contributed by atoms with E-state index in [1.165, 1.54) is 6.42 Å². The molecule has 0 bridgehead atoms. The predicted molar refractivity (Wildman–Crippen MR) is 68.3 cm³/mol. The molecule has 1 aliphatic rings. The van der Waals surface area contributed by atoms with Gasteiger partial charge in [-0.05, 0) is 24.3 Å². The van der Waals surface area contributed by atoms with E-state index >= 15 is 0 Å². The predicted octanol–water partition coefficient (Wildman–Crippen LogP) is 3.08. The summed E-state index contributed by atoms with van der Waals surface area (Å²) < 4.78 is 0. The van der Waals surface area contributed by atoms with Gasteiger partial charge in [0.25, 0.3) is 5.69 Å². The highest BCUT2D eigenvalue weighted by Crippen LogP contribution is 2.28. The summed E-state index contributed by atoms with van der Waals surface area (Å²) in [4.78, 5) is 12.7. The lowest BCUT2D eigenvalue weighted by molar-refractivity contribution is -0.384. The number of nitro groups is 1. The lowest BCUT2D eigenvalue weighted by atomic mass is 9.91. The van der Waals surface area contributed by atoms with E-state index in [0.717, 1.165) is 18.8 Å². The van der Waals surface area contributed by atoms with Gasteiger partial charge in [-0.15, -0.1) is 0 Å². The van der Waals surface area contributed by atoms with Gasteiger partial charge in [0.15, 0.2) is 0 Å². The smallest absolute Gasteiger partial charge is 0.271 e. The third kappa shape index (κ3) is 2.75. The SMILES string of the molecule is C[C@@H]1C[C@H](C)CN(c2cccc([N+](=O)[O-])c2)C1. The molecule has 2 rings (SSSR count). The standard InChI is InChI=1S/C13H18N2O2/c1-10-6-11(2)9-14(8-10)12-4-3-5-13(7-12)15(16)17/h3-5,7,10-11H,6,8-9H2,1-2H3/t10-,11+. The number of hydrogen-bond acceptors (Lipinski definition) is 3. The number of rotatable bonds is 2. The van der Waals surface area contributed by atoms with Gasteiger partial charge in [-0.25, -0.2) is 0 Å². The highest BCUT2D eigenvalue weighted by atomic mass is 16.6. The van der Waals surface area contributed by atoms with Crippen LogP contribution in [0.5, 0.6) is 0 Å². The molecule has 4 nitrogen and oxygen atoms in total. The fourth-order valence-electron chi connectivity index (χ4n) is 2.68. The summed E-state index contributed by atoms with van der Waals surface area (Å²) in [6, 6.07) is 6.93. The van der Waals surface area contributed by atoms with Crippen molar-refractivity contribution in [3.63, 3.8) is 0 Å². The highest BCUT2D eigenvalue weighted by Gasteiger charge is 2.22. The van der Waals surface area contributed by atoms with Crippen LogP contribution in [0.25, 0.3) is 0 Å². The molecule has 0 amide bonds. The Hall–Kier alpha value is -1.58. The molecule has 2 atom stereocenters. The zero-order chi connectivity index (χ0) is 12.4. The van der Waals surface area contributed by atoms with Crippen LogP contribution in [0.2, 0.25) is 0 Å². The van der Waals surface area contributed by atoms with Crippen LogP contribution < -0.4 is 4.90 Å². The van der Waals surface area contributed by atoms with Gasteiger partial charge in [0, 0.05) is 30.9 Å². The van der Waals surface area contributed by atoms with Gasteiger partial charge in [0.1, 0.15) is 0 Å². The molecule has 4 heteroatoms. The maximum atomic E-state index is 10.8. The second-order valence-electron chi connectivity index (χ2n) is 5.13. The zero-order valence-corrected chi connectivity index (χ0v) is 10.3. The summed E-state index contributed by atoms with van der Waals surface area (Å²) in [5, 5.41) is 10.8. The third-order valence-corrected chi connectivity index (χ3v) is 3.27. The maximum absolute atomic E-state index is 10.8. The van der Waals surface area contributed by atoms with Crippen LogP contribution in [0.4, 0.5) is 11.4 Å². The van der Waals surface area contributed by atoms with Crippen LogP contribution in [-0.2, 0) is 0 Å². The lowest BCUT2D eigenvalue weighted by Crippen LogP contribution is -2.38. The molecular weight excluding hydrogens is 216 g/mol. The van der Waals surface area contributed by atoms with Crippen molar-refractivity contribution in [3.05, 3.63) is 34.4 Å². The summed E-state index contributed by atoms with van der Waals surface area (Å²) >= 11 is 0. The number of non-ortho nitro benzene ring substituents is 1. The normalized spacial score (nSPS) is 24.7. The second-order valence-corrected chi connectivity index (χ2v) is 5.13. The molecule has 0 N–H and O–H groups in total. The molecule has 0 aromatic heterocycles. The minimum absolute atomic E-state index is 0.174. The molecule has 0 aliphatic carbocycles. The first-order valence-electron chi connectivity index (χ1n) is 6.05. The van der Waals surface area contributed by atoms with E-state index < -0.39 is 0 Å². The average molecular weight is 234 g/mol. The maximum Gasteiger partial charge on any atom is 0.271 e. The summed E-state index contributed by atoms with van der Waals surface area (Å²) in [6.07, 6.45) is 1.24. The summed E-state index contributed by atoms with van der Waals surface area (Å²) in [5.41, 5.74) is 1.14. The molecule has 1 aromatic rings. The van der Waals surface area contributed by atoms with E-state index in [9.17, 15) is 10.1 Å². The van der Waals surface area contributed by atoms with Crippen LogP contribution >= 0.6 is 0 Å². The van der Waals surface area contributed by atoms with Crippen molar-refractivity contribution in [2.24, 2.45) is 11.8 Å². The molecule has 1 aromatic carbocycles. The van der Waals surface area contributed by atoms with Gasteiger partial charge in [0.2, 0.25) is 0 Å². The number of piperidine rings is 1. The Morgan fingerprint density at radius 3 is 2.53 bits per heavy atom. The minimum Gasteiger partial charge on any atom is -0.371 e. The largest absolute Gasteiger partial charge is 0.371 e. The van der Waals surface area contributed by atoms with E-state index in [-0.39, 0.29) is 10.6 Å². The van der Waals surface area contributed by atoms with E-state index in [4.69, 9.17) is 0 Å². The Morgan fingerprint density at radius 2 is 1.94 bits per heavy atom. The van der Waals surface area contributed by atoms with E-state index in [1.54, 1.807) is 18.2 Å². The molecule has 92 valence electrons. The molecular formula is C13H18N2O2. The van der Waals surface area contributed by atoms with Crippen molar-refractivity contribution in [2.45, 2.75) is 20.3 Å². The molecule has 0 radical (unpaired) electrons. The van der Waals surface area contributed by atoms with E-state index in [2.05, 4.69) is 18.7 Å². The summed E-state index contributed by atoms with van der Waals surface area (Å²) in [7, 11) is 0. The molecule has 0 spiro atoms. The monoisotopic (exact) mass is 234 g/mol. The first-order valence-corrected chi connectivity index (χ1v) is 6.05. The Balaban J connectivity index is 2.21. The fourth-order valence-corrected chi connectivity index (χ4v) is 2.68. The average Bonchev–Trinajstić information content (AvgIpc) is 2.28. The first kappa shape index (κ1) is 11.9. The lowest BCUT2D eigenvalue weighted by Gasteiger charge is -2.36. The van der Waals surface area contributed by atoms with E-state index in [1.807, 2.05) is 6.07 Å². The zero-order valence-electron chi connectivity index (χ0n) is 10.3. The van der Waals surface area contributed by atoms with Gasteiger partial charge >= 0.3 is 0 Å². The van der Waals surface area contributed by atoms with Crippen molar-refractivity contribution >= 4 is 11.4 Å².